The summed E-state index contributed by atoms with van der Waals surface area (Å²) in [5, 5.41) is 4.39. The minimum atomic E-state index is -0.411. The standard InChI is InChI=1S/C25H23FN8O3S/c1-2-14-36-17-6-3-5-16(19(17)26)32-11-8-31(9-12-32)10-13-33-22-20(38-25(33)35)23-28-21(18-7-4-15-37-18)30-34(23)24(27)29-22/h1,3-7,15H,8-14H2,(H2,27,29). The summed E-state index contributed by atoms with van der Waals surface area (Å²) >= 11 is 1.06. The molecule has 0 atom stereocenters. The fourth-order valence-corrected chi connectivity index (χ4v) is 5.50. The van der Waals surface area contributed by atoms with Crippen LogP contribution in [0.1, 0.15) is 0 Å². The Morgan fingerprint density at radius 3 is 2.74 bits per heavy atom. The van der Waals surface area contributed by atoms with Crippen LogP contribution in [0.3, 0.4) is 0 Å². The molecule has 38 heavy (non-hydrogen) atoms. The Bertz CT molecular complexity index is 1710. The average molecular weight is 535 g/mol. The first-order chi connectivity index (χ1) is 18.5. The summed E-state index contributed by atoms with van der Waals surface area (Å²) < 4.78 is 29.3. The zero-order valence-electron chi connectivity index (χ0n) is 20.2. The van der Waals surface area contributed by atoms with E-state index in [-0.39, 0.29) is 23.2 Å². The van der Waals surface area contributed by atoms with Crippen molar-refractivity contribution in [3.05, 3.63) is 52.1 Å². The molecule has 4 aromatic heterocycles. The van der Waals surface area contributed by atoms with Crippen molar-refractivity contribution in [1.29, 1.82) is 0 Å². The third-order valence-electron chi connectivity index (χ3n) is 6.46. The van der Waals surface area contributed by atoms with Crippen molar-refractivity contribution in [2.75, 3.05) is 50.0 Å². The van der Waals surface area contributed by atoms with Gasteiger partial charge in [-0.25, -0.2) is 9.37 Å². The number of anilines is 2. The van der Waals surface area contributed by atoms with Crippen LogP contribution < -0.4 is 20.2 Å². The molecule has 0 radical (unpaired) electrons. The highest BCUT2D eigenvalue weighted by Gasteiger charge is 2.23. The summed E-state index contributed by atoms with van der Waals surface area (Å²) in [4.78, 5) is 26.0. The van der Waals surface area contributed by atoms with Gasteiger partial charge in [0.25, 0.3) is 0 Å². The van der Waals surface area contributed by atoms with E-state index >= 15 is 0 Å². The number of terminal acetylenes is 1. The number of aromatic nitrogens is 5. The molecule has 0 bridgehead atoms. The van der Waals surface area contributed by atoms with E-state index in [1.54, 1.807) is 34.9 Å². The number of ether oxygens (including phenoxy) is 1. The lowest BCUT2D eigenvalue weighted by Crippen LogP contribution is -2.47. The van der Waals surface area contributed by atoms with Gasteiger partial charge < -0.3 is 19.8 Å². The SMILES string of the molecule is C#CCOc1cccc(N2CCN(CCn3c(=O)sc4c3nc(N)n3nc(-c5ccco5)nc43)CC2)c1F. The Labute approximate surface area is 219 Å². The number of piperazine rings is 1. The highest BCUT2D eigenvalue weighted by molar-refractivity contribution is 7.17. The molecule has 1 aliphatic heterocycles. The summed E-state index contributed by atoms with van der Waals surface area (Å²) in [7, 11) is 0. The molecule has 6 rings (SSSR count). The topological polar surface area (TPSA) is 120 Å². The molecule has 1 saturated heterocycles. The third-order valence-corrected chi connectivity index (χ3v) is 7.43. The number of thiazole rings is 1. The number of benzene rings is 1. The zero-order chi connectivity index (χ0) is 26.2. The molecule has 2 N–H and O–H groups in total. The Balaban J connectivity index is 1.17. The van der Waals surface area contributed by atoms with Gasteiger partial charge in [0.15, 0.2) is 28.6 Å². The highest BCUT2D eigenvalue weighted by atomic mass is 32.1. The van der Waals surface area contributed by atoms with Crippen LogP contribution in [0.15, 0.2) is 45.8 Å². The number of nitrogens with zero attached hydrogens (tertiary/aromatic N) is 7. The number of furan rings is 1. The summed E-state index contributed by atoms with van der Waals surface area (Å²) in [5.74, 6) is 3.09. The van der Waals surface area contributed by atoms with E-state index in [0.29, 0.717) is 72.5 Å². The molecular weight excluding hydrogens is 511 g/mol. The number of hydrogen-bond donors (Lipinski definition) is 1. The molecule has 5 aromatic rings. The first-order valence-corrected chi connectivity index (χ1v) is 12.8. The lowest BCUT2D eigenvalue weighted by molar-refractivity contribution is 0.247. The number of fused-ring (bicyclic) bond motifs is 3. The van der Waals surface area contributed by atoms with E-state index in [2.05, 4.69) is 25.9 Å². The Morgan fingerprint density at radius 1 is 1.13 bits per heavy atom. The molecule has 0 saturated carbocycles. The van der Waals surface area contributed by atoms with Gasteiger partial charge in [-0.05, 0) is 24.3 Å². The molecule has 11 nitrogen and oxygen atoms in total. The third kappa shape index (κ3) is 4.23. The molecule has 0 aliphatic carbocycles. The van der Waals surface area contributed by atoms with Crippen LogP contribution in [0.5, 0.6) is 5.75 Å². The second-order valence-corrected chi connectivity index (χ2v) is 9.66. The molecule has 0 amide bonds. The van der Waals surface area contributed by atoms with Crippen LogP contribution in [0.2, 0.25) is 0 Å². The summed E-state index contributed by atoms with van der Waals surface area (Å²) in [6.45, 7) is 3.77. The fourth-order valence-electron chi connectivity index (χ4n) is 4.56. The monoisotopic (exact) mass is 534 g/mol. The molecule has 5 heterocycles. The van der Waals surface area contributed by atoms with Crippen molar-refractivity contribution in [3.8, 4) is 29.7 Å². The van der Waals surface area contributed by atoms with Gasteiger partial charge in [0.2, 0.25) is 11.8 Å². The van der Waals surface area contributed by atoms with Gasteiger partial charge in [0.1, 0.15) is 11.3 Å². The Hall–Kier alpha value is -4.41. The number of rotatable bonds is 7. The molecule has 13 heteroatoms. The van der Waals surface area contributed by atoms with Crippen LogP contribution in [0.25, 0.3) is 27.6 Å². The molecule has 1 fully saturated rings. The molecule has 1 aliphatic rings. The number of nitrogen functional groups attached to an aromatic ring is 1. The van der Waals surface area contributed by atoms with E-state index in [1.807, 2.05) is 4.90 Å². The highest BCUT2D eigenvalue weighted by Crippen LogP contribution is 2.29. The van der Waals surface area contributed by atoms with Crippen LogP contribution in [0.4, 0.5) is 16.0 Å². The van der Waals surface area contributed by atoms with Gasteiger partial charge in [0.05, 0.1) is 12.0 Å². The molecule has 1 aromatic carbocycles. The molecule has 194 valence electrons. The van der Waals surface area contributed by atoms with Crippen molar-refractivity contribution in [2.45, 2.75) is 6.54 Å². The van der Waals surface area contributed by atoms with E-state index < -0.39 is 5.82 Å². The smallest absolute Gasteiger partial charge is 0.309 e. The zero-order valence-corrected chi connectivity index (χ0v) is 21.0. The quantitative estimate of drug-likeness (QED) is 0.314. The maximum atomic E-state index is 14.9. The maximum Gasteiger partial charge on any atom is 0.309 e. The van der Waals surface area contributed by atoms with E-state index in [4.69, 9.17) is 21.3 Å². The first kappa shape index (κ1) is 24.0. The number of nitrogens with two attached hydrogens (primary N) is 1. The van der Waals surface area contributed by atoms with Crippen LogP contribution in [-0.2, 0) is 6.54 Å². The Kier molecular flexibility index (Phi) is 6.18. The second-order valence-electron chi connectivity index (χ2n) is 8.70. The largest absolute Gasteiger partial charge is 0.478 e. The normalized spacial score (nSPS) is 14.4. The van der Waals surface area contributed by atoms with Crippen molar-refractivity contribution in [2.24, 2.45) is 0 Å². The predicted octanol–water partition coefficient (Wildman–Crippen LogP) is 2.32. The van der Waals surface area contributed by atoms with Gasteiger partial charge in [-0.1, -0.05) is 23.3 Å². The van der Waals surface area contributed by atoms with Gasteiger partial charge in [-0.2, -0.15) is 9.50 Å². The minimum Gasteiger partial charge on any atom is -0.478 e. The molecular formula is C25H23FN8O3S. The van der Waals surface area contributed by atoms with Crippen LogP contribution >= 0.6 is 11.3 Å². The van der Waals surface area contributed by atoms with Gasteiger partial charge in [0, 0.05) is 39.3 Å². The van der Waals surface area contributed by atoms with Crippen LogP contribution in [0, 0.1) is 18.2 Å². The fraction of sp³-hybridized carbons (Fsp3) is 0.280. The maximum absolute atomic E-state index is 14.9. The summed E-state index contributed by atoms with van der Waals surface area (Å²) in [5.41, 5.74) is 7.60. The Morgan fingerprint density at radius 2 is 1.97 bits per heavy atom. The van der Waals surface area contributed by atoms with Crippen molar-refractivity contribution < 1.29 is 13.5 Å². The van der Waals surface area contributed by atoms with Gasteiger partial charge in [-0.3, -0.25) is 14.3 Å². The van der Waals surface area contributed by atoms with Crippen molar-refractivity contribution in [1.82, 2.24) is 29.0 Å². The number of hydrogen-bond acceptors (Lipinski definition) is 10. The minimum absolute atomic E-state index is 0.0129. The van der Waals surface area contributed by atoms with E-state index in [0.717, 1.165) is 11.3 Å². The van der Waals surface area contributed by atoms with Gasteiger partial charge in [-0.15, -0.1) is 11.5 Å². The van der Waals surface area contributed by atoms with E-state index in [1.165, 1.54) is 10.8 Å². The van der Waals surface area contributed by atoms with E-state index in [9.17, 15) is 9.18 Å². The lowest BCUT2D eigenvalue weighted by atomic mass is 10.2. The first-order valence-electron chi connectivity index (χ1n) is 11.9. The van der Waals surface area contributed by atoms with Crippen LogP contribution in [-0.4, -0.2) is 68.4 Å². The average Bonchev–Trinajstić information content (AvgIpc) is 3.67. The van der Waals surface area contributed by atoms with Gasteiger partial charge >= 0.3 is 4.87 Å². The van der Waals surface area contributed by atoms with Crippen molar-refractivity contribution >= 4 is 39.0 Å². The number of halogens is 1. The second kappa shape index (κ2) is 9.81. The lowest BCUT2D eigenvalue weighted by Gasteiger charge is -2.36. The predicted molar refractivity (Wildman–Crippen MR) is 142 cm³/mol. The summed E-state index contributed by atoms with van der Waals surface area (Å²) in [6.07, 6.45) is 6.76. The molecule has 0 spiro atoms. The van der Waals surface area contributed by atoms with Crippen molar-refractivity contribution in [3.63, 3.8) is 0 Å². The summed E-state index contributed by atoms with van der Waals surface area (Å²) in [6, 6.07) is 8.56. The molecule has 0 unspecified atom stereocenters.